The van der Waals surface area contributed by atoms with Crippen LogP contribution in [0.5, 0.6) is 5.75 Å². The SMILES string of the molecule is CC(C)C[C@H](NC(=O)COc1ccc(Cl)c(Cl)c1)C(=O)O. The zero-order valence-electron chi connectivity index (χ0n) is 11.7. The second-order valence-electron chi connectivity index (χ2n) is 4.95. The van der Waals surface area contributed by atoms with Crippen LogP contribution in [-0.2, 0) is 9.59 Å². The Labute approximate surface area is 133 Å². The molecule has 0 aliphatic rings. The van der Waals surface area contributed by atoms with Gasteiger partial charge in [-0.25, -0.2) is 4.79 Å². The second kappa shape index (κ2) is 8.10. The van der Waals surface area contributed by atoms with Crippen molar-refractivity contribution in [2.24, 2.45) is 5.92 Å². The molecule has 1 aromatic carbocycles. The van der Waals surface area contributed by atoms with E-state index in [4.69, 9.17) is 33.0 Å². The van der Waals surface area contributed by atoms with Gasteiger partial charge in [0, 0.05) is 6.07 Å². The van der Waals surface area contributed by atoms with E-state index in [0.29, 0.717) is 22.2 Å². The standard InChI is InChI=1S/C14H17Cl2NO4/c1-8(2)5-12(14(19)20)17-13(18)7-21-9-3-4-10(15)11(16)6-9/h3-4,6,8,12H,5,7H2,1-2H3,(H,17,18)(H,19,20)/t12-/m0/s1. The number of benzene rings is 1. The number of carboxylic acids is 1. The molecule has 0 bridgehead atoms. The molecule has 0 radical (unpaired) electrons. The lowest BCUT2D eigenvalue weighted by Crippen LogP contribution is -2.43. The minimum absolute atomic E-state index is 0.155. The van der Waals surface area contributed by atoms with Gasteiger partial charge >= 0.3 is 5.97 Å². The summed E-state index contributed by atoms with van der Waals surface area (Å²) in [5.41, 5.74) is 0. The fourth-order valence-electron chi connectivity index (χ4n) is 1.64. The first-order valence-corrected chi connectivity index (χ1v) is 7.15. The molecule has 2 N–H and O–H groups in total. The van der Waals surface area contributed by atoms with Crippen molar-refractivity contribution in [1.82, 2.24) is 5.32 Å². The van der Waals surface area contributed by atoms with Crippen molar-refractivity contribution in [3.63, 3.8) is 0 Å². The number of carbonyl (C=O) groups is 2. The average molecular weight is 334 g/mol. The highest BCUT2D eigenvalue weighted by molar-refractivity contribution is 6.42. The van der Waals surface area contributed by atoms with Crippen LogP contribution >= 0.6 is 23.2 Å². The molecule has 0 saturated heterocycles. The zero-order chi connectivity index (χ0) is 16.0. The molecule has 5 nitrogen and oxygen atoms in total. The first-order chi connectivity index (χ1) is 9.79. The van der Waals surface area contributed by atoms with E-state index in [1.807, 2.05) is 13.8 Å². The molecule has 1 rings (SSSR count). The van der Waals surface area contributed by atoms with E-state index >= 15 is 0 Å². The predicted molar refractivity (Wildman–Crippen MR) is 81.0 cm³/mol. The maximum absolute atomic E-state index is 11.7. The summed E-state index contributed by atoms with van der Waals surface area (Å²) in [6.07, 6.45) is 0.355. The summed E-state index contributed by atoms with van der Waals surface area (Å²) in [5.74, 6) is -1.03. The molecule has 0 fully saturated rings. The van der Waals surface area contributed by atoms with Crippen LogP contribution in [0.1, 0.15) is 20.3 Å². The lowest BCUT2D eigenvalue weighted by atomic mass is 10.0. The Bertz CT molecular complexity index is 520. The summed E-state index contributed by atoms with van der Waals surface area (Å²) >= 11 is 11.6. The van der Waals surface area contributed by atoms with Gasteiger partial charge in [-0.3, -0.25) is 4.79 Å². The number of nitrogens with one attached hydrogen (secondary N) is 1. The van der Waals surface area contributed by atoms with Crippen molar-refractivity contribution < 1.29 is 19.4 Å². The monoisotopic (exact) mass is 333 g/mol. The largest absolute Gasteiger partial charge is 0.484 e. The van der Waals surface area contributed by atoms with Crippen molar-refractivity contribution >= 4 is 35.1 Å². The van der Waals surface area contributed by atoms with E-state index < -0.39 is 17.9 Å². The van der Waals surface area contributed by atoms with Crippen LogP contribution in [0.2, 0.25) is 10.0 Å². The summed E-state index contributed by atoms with van der Waals surface area (Å²) in [5, 5.41) is 12.2. The van der Waals surface area contributed by atoms with E-state index in [9.17, 15) is 9.59 Å². The van der Waals surface area contributed by atoms with Crippen molar-refractivity contribution in [2.75, 3.05) is 6.61 Å². The highest BCUT2D eigenvalue weighted by atomic mass is 35.5. The van der Waals surface area contributed by atoms with Crippen LogP contribution in [0, 0.1) is 5.92 Å². The topological polar surface area (TPSA) is 75.6 Å². The maximum Gasteiger partial charge on any atom is 0.326 e. The summed E-state index contributed by atoms with van der Waals surface area (Å²) < 4.78 is 5.24. The smallest absolute Gasteiger partial charge is 0.326 e. The molecule has 0 aliphatic heterocycles. The first-order valence-electron chi connectivity index (χ1n) is 6.39. The van der Waals surface area contributed by atoms with E-state index in [0.717, 1.165) is 0 Å². The molecular formula is C14H17Cl2NO4. The van der Waals surface area contributed by atoms with E-state index in [1.165, 1.54) is 6.07 Å². The van der Waals surface area contributed by atoms with Crippen molar-refractivity contribution in [3.8, 4) is 5.75 Å². The van der Waals surface area contributed by atoms with Gasteiger partial charge in [0.2, 0.25) is 0 Å². The molecule has 1 atom stereocenters. The number of hydrogen-bond acceptors (Lipinski definition) is 3. The third-order valence-corrected chi connectivity index (χ3v) is 3.34. The van der Waals surface area contributed by atoms with Gasteiger partial charge in [-0.1, -0.05) is 37.0 Å². The van der Waals surface area contributed by atoms with E-state index in [2.05, 4.69) is 5.32 Å². The predicted octanol–water partition coefficient (Wildman–Crippen LogP) is 2.99. The van der Waals surface area contributed by atoms with Crippen LogP contribution in [0.25, 0.3) is 0 Å². The Morgan fingerprint density at radius 2 is 1.95 bits per heavy atom. The molecule has 21 heavy (non-hydrogen) atoms. The number of amides is 1. The van der Waals surface area contributed by atoms with Gasteiger partial charge in [-0.05, 0) is 24.5 Å². The molecule has 0 unspecified atom stereocenters. The molecule has 0 heterocycles. The minimum atomic E-state index is -1.06. The number of halogens is 2. The summed E-state index contributed by atoms with van der Waals surface area (Å²) in [6.45, 7) is 3.47. The number of aliphatic carboxylic acids is 1. The summed E-state index contributed by atoms with van der Waals surface area (Å²) in [4.78, 5) is 22.7. The normalized spacial score (nSPS) is 12.0. The number of ether oxygens (including phenoxy) is 1. The molecule has 1 amide bonds. The van der Waals surface area contributed by atoms with Gasteiger partial charge in [0.25, 0.3) is 5.91 Å². The third-order valence-electron chi connectivity index (χ3n) is 2.60. The Balaban J connectivity index is 2.52. The van der Waals surface area contributed by atoms with Crippen LogP contribution in [0.15, 0.2) is 18.2 Å². The van der Waals surface area contributed by atoms with Crippen LogP contribution in [-0.4, -0.2) is 29.6 Å². The van der Waals surface area contributed by atoms with Gasteiger partial charge in [-0.2, -0.15) is 0 Å². The highest BCUT2D eigenvalue weighted by Crippen LogP contribution is 2.26. The summed E-state index contributed by atoms with van der Waals surface area (Å²) in [6, 6.07) is 3.69. The molecule has 0 saturated carbocycles. The number of hydrogen-bond donors (Lipinski definition) is 2. The quantitative estimate of drug-likeness (QED) is 0.804. The average Bonchev–Trinajstić information content (AvgIpc) is 2.38. The fourth-order valence-corrected chi connectivity index (χ4v) is 1.93. The Hall–Kier alpha value is -1.46. The lowest BCUT2D eigenvalue weighted by molar-refractivity contribution is -0.142. The van der Waals surface area contributed by atoms with E-state index in [1.54, 1.807) is 12.1 Å². The fraction of sp³-hybridized carbons (Fsp3) is 0.429. The Morgan fingerprint density at radius 3 is 2.48 bits per heavy atom. The first kappa shape index (κ1) is 17.6. The summed E-state index contributed by atoms with van der Waals surface area (Å²) in [7, 11) is 0. The van der Waals surface area contributed by atoms with Gasteiger partial charge < -0.3 is 15.2 Å². The molecule has 0 aromatic heterocycles. The number of rotatable bonds is 7. The molecule has 0 aliphatic carbocycles. The second-order valence-corrected chi connectivity index (χ2v) is 5.77. The van der Waals surface area contributed by atoms with Gasteiger partial charge in [0.1, 0.15) is 11.8 Å². The third kappa shape index (κ3) is 6.23. The van der Waals surface area contributed by atoms with Crippen molar-refractivity contribution in [1.29, 1.82) is 0 Å². The van der Waals surface area contributed by atoms with E-state index in [-0.39, 0.29) is 12.5 Å². The Morgan fingerprint density at radius 1 is 1.29 bits per heavy atom. The Kier molecular flexibility index (Phi) is 6.78. The molecular weight excluding hydrogens is 317 g/mol. The molecule has 7 heteroatoms. The molecule has 116 valence electrons. The number of carboxylic acid groups (broad SMARTS) is 1. The zero-order valence-corrected chi connectivity index (χ0v) is 13.2. The van der Waals surface area contributed by atoms with Crippen LogP contribution in [0.3, 0.4) is 0 Å². The molecule has 0 spiro atoms. The number of carbonyl (C=O) groups excluding carboxylic acids is 1. The lowest BCUT2D eigenvalue weighted by Gasteiger charge is -2.16. The highest BCUT2D eigenvalue weighted by Gasteiger charge is 2.21. The van der Waals surface area contributed by atoms with Crippen molar-refractivity contribution in [3.05, 3.63) is 28.2 Å². The van der Waals surface area contributed by atoms with Crippen molar-refractivity contribution in [2.45, 2.75) is 26.3 Å². The maximum atomic E-state index is 11.7. The van der Waals surface area contributed by atoms with Crippen LogP contribution in [0.4, 0.5) is 0 Å². The molecule has 1 aromatic rings. The van der Waals surface area contributed by atoms with Gasteiger partial charge in [0.05, 0.1) is 10.0 Å². The minimum Gasteiger partial charge on any atom is -0.484 e. The van der Waals surface area contributed by atoms with Gasteiger partial charge in [-0.15, -0.1) is 0 Å². The van der Waals surface area contributed by atoms with Gasteiger partial charge in [0.15, 0.2) is 6.61 Å². The van der Waals surface area contributed by atoms with Crippen LogP contribution < -0.4 is 10.1 Å².